The summed E-state index contributed by atoms with van der Waals surface area (Å²) in [5.74, 6) is -0.642. The zero-order chi connectivity index (χ0) is 19.3. The van der Waals surface area contributed by atoms with Gasteiger partial charge in [0.2, 0.25) is 0 Å². The average molecular weight is 370 g/mol. The normalized spacial score (nSPS) is 16.8. The third-order valence-corrected chi connectivity index (χ3v) is 3.58. The summed E-state index contributed by atoms with van der Waals surface area (Å²) in [6, 6.07) is 2.92. The van der Waals surface area contributed by atoms with Crippen molar-refractivity contribution >= 4 is 12.0 Å². The molecule has 1 atom stereocenters. The highest BCUT2D eigenvalue weighted by Crippen LogP contribution is 2.35. The quantitative estimate of drug-likeness (QED) is 0.721. The fraction of sp³-hybridized carbons (Fsp3) is 0.412. The zero-order valence-corrected chi connectivity index (χ0v) is 14.6. The smallest absolute Gasteiger partial charge is 0.387 e. The number of urea groups is 1. The molecular formula is C17H20F2N2O5. The van der Waals surface area contributed by atoms with Gasteiger partial charge in [-0.3, -0.25) is 0 Å². The van der Waals surface area contributed by atoms with Gasteiger partial charge in [0.05, 0.1) is 24.8 Å². The molecule has 2 rings (SSSR count). The highest BCUT2D eigenvalue weighted by molar-refractivity contribution is 5.95. The van der Waals surface area contributed by atoms with E-state index in [1.807, 2.05) is 0 Å². The fourth-order valence-corrected chi connectivity index (χ4v) is 2.59. The third kappa shape index (κ3) is 4.41. The van der Waals surface area contributed by atoms with Crippen molar-refractivity contribution in [1.29, 1.82) is 0 Å². The van der Waals surface area contributed by atoms with E-state index < -0.39 is 24.7 Å². The molecule has 142 valence electrons. The van der Waals surface area contributed by atoms with Crippen molar-refractivity contribution in [1.82, 2.24) is 10.6 Å². The van der Waals surface area contributed by atoms with Gasteiger partial charge < -0.3 is 24.8 Å². The van der Waals surface area contributed by atoms with Crippen LogP contribution >= 0.6 is 0 Å². The van der Waals surface area contributed by atoms with Crippen molar-refractivity contribution in [3.8, 4) is 11.5 Å². The lowest BCUT2D eigenvalue weighted by atomic mass is 9.95. The highest BCUT2D eigenvalue weighted by atomic mass is 19.3. The first-order valence-electron chi connectivity index (χ1n) is 8.04. The molecule has 0 saturated heterocycles. The molecule has 1 aliphatic rings. The summed E-state index contributed by atoms with van der Waals surface area (Å²) >= 11 is 0. The Morgan fingerprint density at radius 1 is 1.23 bits per heavy atom. The Hall–Kier alpha value is -2.84. The summed E-state index contributed by atoms with van der Waals surface area (Å²) in [4.78, 5) is 24.1. The van der Waals surface area contributed by atoms with Crippen LogP contribution in [0.15, 0.2) is 29.5 Å². The molecule has 0 aliphatic carbocycles. The minimum absolute atomic E-state index is 0.0824. The lowest BCUT2D eigenvalue weighted by Gasteiger charge is -2.28. The lowest BCUT2D eigenvalue weighted by Crippen LogP contribution is -2.45. The number of hydrogen-bond donors (Lipinski definition) is 2. The van der Waals surface area contributed by atoms with Crippen LogP contribution in [0.2, 0.25) is 0 Å². The second-order valence-corrected chi connectivity index (χ2v) is 5.31. The van der Waals surface area contributed by atoms with Crippen LogP contribution in [-0.4, -0.2) is 31.8 Å². The van der Waals surface area contributed by atoms with Crippen LogP contribution in [0.1, 0.15) is 32.4 Å². The van der Waals surface area contributed by atoms with Gasteiger partial charge in [0.1, 0.15) is 0 Å². The molecule has 0 unspecified atom stereocenters. The summed E-state index contributed by atoms with van der Waals surface area (Å²) in [7, 11) is 0. The minimum atomic E-state index is -3.00. The number of allylic oxidation sites excluding steroid dienone is 1. The van der Waals surface area contributed by atoms with Crippen LogP contribution in [0.25, 0.3) is 0 Å². The van der Waals surface area contributed by atoms with Gasteiger partial charge in [0.25, 0.3) is 0 Å². The molecule has 0 radical (unpaired) electrons. The van der Waals surface area contributed by atoms with E-state index in [0.717, 1.165) is 0 Å². The Labute approximate surface area is 149 Å². The van der Waals surface area contributed by atoms with Gasteiger partial charge in [0.15, 0.2) is 11.5 Å². The summed E-state index contributed by atoms with van der Waals surface area (Å²) in [6.07, 6.45) is 0. The van der Waals surface area contributed by atoms with Gasteiger partial charge in [0, 0.05) is 5.70 Å². The van der Waals surface area contributed by atoms with Crippen LogP contribution in [0.3, 0.4) is 0 Å². The van der Waals surface area contributed by atoms with Crippen molar-refractivity contribution in [2.24, 2.45) is 0 Å². The standard InChI is InChI=1S/C17H20F2N2O5/c1-4-24-12-8-10(6-7-11(12)26-16(18)19)14-13(15(22)25-5-2)9(3)20-17(23)21-14/h6-8,14,16H,4-5H2,1-3H3,(H2,20,21,23)/t14-/m0/s1. The Morgan fingerprint density at radius 2 is 1.96 bits per heavy atom. The van der Waals surface area contributed by atoms with E-state index in [2.05, 4.69) is 15.4 Å². The van der Waals surface area contributed by atoms with Gasteiger partial charge >= 0.3 is 18.6 Å². The molecule has 7 nitrogen and oxygen atoms in total. The number of nitrogens with one attached hydrogen (secondary N) is 2. The largest absolute Gasteiger partial charge is 0.490 e. The van der Waals surface area contributed by atoms with Gasteiger partial charge in [-0.15, -0.1) is 0 Å². The second kappa shape index (κ2) is 8.50. The van der Waals surface area contributed by atoms with Gasteiger partial charge in [-0.25, -0.2) is 9.59 Å². The van der Waals surface area contributed by atoms with Crippen LogP contribution < -0.4 is 20.1 Å². The van der Waals surface area contributed by atoms with Crippen molar-refractivity contribution in [3.63, 3.8) is 0 Å². The summed E-state index contributed by atoms with van der Waals surface area (Å²) in [5, 5.41) is 5.15. The first kappa shape index (κ1) is 19.5. The number of halogens is 2. The molecule has 1 aromatic rings. The Kier molecular flexibility index (Phi) is 6.37. The maximum absolute atomic E-state index is 12.5. The predicted molar refractivity (Wildman–Crippen MR) is 88.0 cm³/mol. The molecule has 0 spiro atoms. The molecule has 0 saturated carbocycles. The van der Waals surface area contributed by atoms with Crippen LogP contribution in [-0.2, 0) is 9.53 Å². The first-order chi connectivity index (χ1) is 12.4. The highest BCUT2D eigenvalue weighted by Gasteiger charge is 2.32. The average Bonchev–Trinajstić information content (AvgIpc) is 2.55. The molecule has 26 heavy (non-hydrogen) atoms. The van der Waals surface area contributed by atoms with E-state index in [0.29, 0.717) is 11.3 Å². The number of carbonyl (C=O) groups is 2. The molecular weight excluding hydrogens is 350 g/mol. The maximum Gasteiger partial charge on any atom is 0.387 e. The molecule has 9 heteroatoms. The second-order valence-electron chi connectivity index (χ2n) is 5.31. The lowest BCUT2D eigenvalue weighted by molar-refractivity contribution is -0.139. The number of benzene rings is 1. The third-order valence-electron chi connectivity index (χ3n) is 3.58. The van der Waals surface area contributed by atoms with E-state index in [4.69, 9.17) is 9.47 Å². The maximum atomic E-state index is 12.5. The Bertz CT molecular complexity index is 721. The topological polar surface area (TPSA) is 85.9 Å². The molecule has 2 amide bonds. The number of rotatable bonds is 7. The van der Waals surface area contributed by atoms with Crippen LogP contribution in [0.4, 0.5) is 13.6 Å². The SMILES string of the molecule is CCOC(=O)C1=C(C)NC(=O)N[C@H]1c1ccc(OC(F)F)c(OCC)c1. The molecule has 1 heterocycles. The monoisotopic (exact) mass is 370 g/mol. The van der Waals surface area contributed by atoms with E-state index in [9.17, 15) is 18.4 Å². The number of carbonyl (C=O) groups excluding carboxylic acids is 2. The van der Waals surface area contributed by atoms with Gasteiger partial charge in [-0.05, 0) is 38.5 Å². The van der Waals surface area contributed by atoms with Crippen molar-refractivity contribution in [2.45, 2.75) is 33.4 Å². The van der Waals surface area contributed by atoms with E-state index in [-0.39, 0.29) is 30.3 Å². The first-order valence-corrected chi connectivity index (χ1v) is 8.04. The van der Waals surface area contributed by atoms with Gasteiger partial charge in [-0.1, -0.05) is 6.07 Å². The van der Waals surface area contributed by atoms with E-state index in [1.165, 1.54) is 18.2 Å². The molecule has 0 bridgehead atoms. The summed E-state index contributed by atoms with van der Waals surface area (Å²) in [5.41, 5.74) is 1.03. The molecule has 2 N–H and O–H groups in total. The number of esters is 1. The summed E-state index contributed by atoms with van der Waals surface area (Å²) in [6.45, 7) is 2.33. The van der Waals surface area contributed by atoms with Crippen molar-refractivity contribution in [3.05, 3.63) is 35.0 Å². The fourth-order valence-electron chi connectivity index (χ4n) is 2.59. The number of alkyl halides is 2. The number of amides is 2. The number of ether oxygens (including phenoxy) is 3. The molecule has 0 fully saturated rings. The summed E-state index contributed by atoms with van der Waals surface area (Å²) < 4.78 is 39.9. The van der Waals surface area contributed by atoms with Crippen LogP contribution in [0.5, 0.6) is 11.5 Å². The van der Waals surface area contributed by atoms with Crippen LogP contribution in [0, 0.1) is 0 Å². The van der Waals surface area contributed by atoms with Crippen molar-refractivity contribution in [2.75, 3.05) is 13.2 Å². The van der Waals surface area contributed by atoms with E-state index in [1.54, 1.807) is 20.8 Å². The minimum Gasteiger partial charge on any atom is -0.490 e. The molecule has 1 aromatic carbocycles. The van der Waals surface area contributed by atoms with E-state index >= 15 is 0 Å². The van der Waals surface area contributed by atoms with Gasteiger partial charge in [-0.2, -0.15) is 8.78 Å². The predicted octanol–water partition coefficient (Wildman–Crippen LogP) is 2.88. The van der Waals surface area contributed by atoms with Crippen molar-refractivity contribution < 1.29 is 32.6 Å². The Balaban J connectivity index is 2.46. The molecule has 1 aliphatic heterocycles. The number of hydrogen-bond acceptors (Lipinski definition) is 5. The zero-order valence-electron chi connectivity index (χ0n) is 14.6. The Morgan fingerprint density at radius 3 is 2.58 bits per heavy atom. The molecule has 0 aromatic heterocycles.